The van der Waals surface area contributed by atoms with Gasteiger partial charge < -0.3 is 0 Å². The van der Waals surface area contributed by atoms with Crippen LogP contribution in [-0.4, -0.2) is 4.98 Å². The fourth-order valence-corrected chi connectivity index (χ4v) is 4.97. The molecule has 0 unspecified atom stereocenters. The van der Waals surface area contributed by atoms with Gasteiger partial charge in [0.05, 0.1) is 5.69 Å². The lowest BCUT2D eigenvalue weighted by molar-refractivity contribution is 0.213. The Morgan fingerprint density at radius 2 is 1.35 bits per heavy atom. The molecule has 122 valence electrons. The Balaban J connectivity index is 2.19. The number of pyridine rings is 1. The summed E-state index contributed by atoms with van der Waals surface area (Å²) in [5, 5.41) is 0. The topological polar surface area (TPSA) is 12.9 Å². The molecule has 0 amide bonds. The van der Waals surface area contributed by atoms with Crippen LogP contribution in [-0.2, 0) is 10.8 Å². The molecule has 0 N–H and O–H groups in total. The molecule has 0 atom stereocenters. The maximum Gasteiger partial charge on any atom is 0.0705 e. The van der Waals surface area contributed by atoms with Gasteiger partial charge in [-0.05, 0) is 46.3 Å². The first kappa shape index (κ1) is 16.2. The summed E-state index contributed by atoms with van der Waals surface area (Å²) in [6.45, 7) is 14.4. The number of aromatic nitrogens is 1. The smallest absolute Gasteiger partial charge is 0.0705 e. The Morgan fingerprint density at radius 3 is 1.96 bits per heavy atom. The van der Waals surface area contributed by atoms with Gasteiger partial charge in [0.1, 0.15) is 0 Å². The Hall–Kier alpha value is -1.63. The standard InChI is InChI=1S/C22H29N/c1-20(2)14-21(3,4)17-12-19(16-10-8-7-9-11-16)23-13-18(17)22(5,6)15-20/h7-13H,14-15H2,1-6H3. The maximum atomic E-state index is 4.81. The van der Waals surface area contributed by atoms with E-state index in [1.807, 2.05) is 0 Å². The number of nitrogens with zero attached hydrogens (tertiary/aromatic N) is 1. The Morgan fingerprint density at radius 1 is 0.783 bits per heavy atom. The van der Waals surface area contributed by atoms with E-state index in [2.05, 4.69) is 84.1 Å². The van der Waals surface area contributed by atoms with Gasteiger partial charge in [-0.15, -0.1) is 0 Å². The summed E-state index contributed by atoms with van der Waals surface area (Å²) >= 11 is 0. The predicted molar refractivity (Wildman–Crippen MR) is 98.7 cm³/mol. The minimum Gasteiger partial charge on any atom is -0.256 e. The third kappa shape index (κ3) is 3.06. The van der Waals surface area contributed by atoms with Crippen LogP contribution in [0.25, 0.3) is 11.3 Å². The van der Waals surface area contributed by atoms with Crippen LogP contribution in [0.15, 0.2) is 42.6 Å². The lowest BCUT2D eigenvalue weighted by Gasteiger charge is -2.34. The zero-order chi connectivity index (χ0) is 16.9. The van der Waals surface area contributed by atoms with Crippen molar-refractivity contribution in [3.8, 4) is 11.3 Å². The van der Waals surface area contributed by atoms with Crippen molar-refractivity contribution in [2.75, 3.05) is 0 Å². The van der Waals surface area contributed by atoms with Crippen LogP contribution in [0.5, 0.6) is 0 Å². The van der Waals surface area contributed by atoms with E-state index >= 15 is 0 Å². The van der Waals surface area contributed by atoms with Crippen molar-refractivity contribution in [3.05, 3.63) is 53.7 Å². The normalized spacial score (nSPS) is 21.3. The number of hydrogen-bond acceptors (Lipinski definition) is 1. The third-order valence-electron chi connectivity index (χ3n) is 5.27. The third-order valence-corrected chi connectivity index (χ3v) is 5.27. The molecule has 3 rings (SSSR count). The van der Waals surface area contributed by atoms with Gasteiger partial charge in [-0.3, -0.25) is 4.98 Å². The van der Waals surface area contributed by atoms with Crippen molar-refractivity contribution in [2.24, 2.45) is 5.41 Å². The van der Waals surface area contributed by atoms with Gasteiger partial charge >= 0.3 is 0 Å². The molecule has 0 saturated heterocycles. The zero-order valence-corrected chi connectivity index (χ0v) is 15.4. The van der Waals surface area contributed by atoms with E-state index in [4.69, 9.17) is 4.98 Å². The SMILES string of the molecule is CC1(C)CC(C)(C)c2cnc(-c3ccccc3)cc2C(C)(C)C1. The zero-order valence-electron chi connectivity index (χ0n) is 15.4. The van der Waals surface area contributed by atoms with Crippen molar-refractivity contribution in [2.45, 2.75) is 65.2 Å². The van der Waals surface area contributed by atoms with Gasteiger partial charge in [-0.1, -0.05) is 71.9 Å². The highest BCUT2D eigenvalue weighted by molar-refractivity contribution is 5.61. The summed E-state index contributed by atoms with van der Waals surface area (Å²) in [6, 6.07) is 12.9. The summed E-state index contributed by atoms with van der Waals surface area (Å²) in [7, 11) is 0. The van der Waals surface area contributed by atoms with Gasteiger partial charge in [-0.25, -0.2) is 0 Å². The first-order chi connectivity index (χ1) is 10.6. The van der Waals surface area contributed by atoms with Crippen LogP contribution >= 0.6 is 0 Å². The van der Waals surface area contributed by atoms with Gasteiger partial charge in [0, 0.05) is 11.8 Å². The largest absolute Gasteiger partial charge is 0.256 e. The Kier molecular flexibility index (Phi) is 3.66. The molecule has 0 radical (unpaired) electrons. The molecule has 1 aromatic heterocycles. The van der Waals surface area contributed by atoms with Crippen LogP contribution in [0.4, 0.5) is 0 Å². The molecule has 0 saturated carbocycles. The van der Waals surface area contributed by atoms with Crippen LogP contribution in [0.2, 0.25) is 0 Å². The van der Waals surface area contributed by atoms with E-state index in [0.29, 0.717) is 5.41 Å². The van der Waals surface area contributed by atoms with E-state index in [9.17, 15) is 0 Å². The molecule has 0 bridgehead atoms. The highest BCUT2D eigenvalue weighted by atomic mass is 14.7. The summed E-state index contributed by atoms with van der Waals surface area (Å²) in [5.41, 5.74) is 5.85. The quantitative estimate of drug-likeness (QED) is 0.578. The van der Waals surface area contributed by atoms with E-state index in [1.54, 1.807) is 0 Å². The molecule has 1 aromatic carbocycles. The molecular weight excluding hydrogens is 278 g/mol. The van der Waals surface area contributed by atoms with E-state index in [1.165, 1.54) is 29.5 Å². The molecule has 1 aliphatic rings. The number of benzene rings is 1. The first-order valence-corrected chi connectivity index (χ1v) is 8.67. The Labute approximate surface area is 141 Å². The molecule has 1 aliphatic carbocycles. The summed E-state index contributed by atoms with van der Waals surface area (Å²) < 4.78 is 0. The molecule has 23 heavy (non-hydrogen) atoms. The van der Waals surface area contributed by atoms with Gasteiger partial charge in [-0.2, -0.15) is 0 Å². The predicted octanol–water partition coefficient (Wildman–Crippen LogP) is 6.12. The van der Waals surface area contributed by atoms with Gasteiger partial charge in [0.15, 0.2) is 0 Å². The fraction of sp³-hybridized carbons (Fsp3) is 0.500. The van der Waals surface area contributed by atoms with Crippen molar-refractivity contribution in [1.29, 1.82) is 0 Å². The van der Waals surface area contributed by atoms with Crippen LogP contribution in [0.3, 0.4) is 0 Å². The molecule has 0 fully saturated rings. The second-order valence-corrected chi connectivity index (χ2v) is 9.27. The minimum absolute atomic E-state index is 0.162. The van der Waals surface area contributed by atoms with Crippen LogP contribution in [0.1, 0.15) is 65.5 Å². The van der Waals surface area contributed by atoms with Crippen molar-refractivity contribution in [3.63, 3.8) is 0 Å². The van der Waals surface area contributed by atoms with E-state index in [0.717, 1.165) is 5.69 Å². The second kappa shape index (κ2) is 5.19. The van der Waals surface area contributed by atoms with Gasteiger partial charge in [0.2, 0.25) is 0 Å². The lowest BCUT2D eigenvalue weighted by atomic mass is 9.70. The average Bonchev–Trinajstić information content (AvgIpc) is 2.50. The molecule has 2 aromatic rings. The number of fused-ring (bicyclic) bond motifs is 1. The molecule has 0 aliphatic heterocycles. The van der Waals surface area contributed by atoms with Crippen molar-refractivity contribution >= 4 is 0 Å². The van der Waals surface area contributed by atoms with E-state index in [-0.39, 0.29) is 10.8 Å². The first-order valence-electron chi connectivity index (χ1n) is 8.67. The highest BCUT2D eigenvalue weighted by Crippen LogP contribution is 2.51. The summed E-state index contributed by atoms with van der Waals surface area (Å²) in [5.74, 6) is 0. The fourth-order valence-electron chi connectivity index (χ4n) is 4.97. The van der Waals surface area contributed by atoms with Gasteiger partial charge in [0.25, 0.3) is 0 Å². The van der Waals surface area contributed by atoms with Crippen molar-refractivity contribution < 1.29 is 0 Å². The van der Waals surface area contributed by atoms with Crippen molar-refractivity contribution in [1.82, 2.24) is 4.98 Å². The molecule has 1 nitrogen and oxygen atoms in total. The van der Waals surface area contributed by atoms with E-state index < -0.39 is 0 Å². The Bertz CT molecular complexity index is 708. The summed E-state index contributed by atoms with van der Waals surface area (Å²) in [4.78, 5) is 4.81. The monoisotopic (exact) mass is 307 g/mol. The van der Waals surface area contributed by atoms with Crippen LogP contribution in [0, 0.1) is 5.41 Å². The number of rotatable bonds is 1. The molecule has 1 heteroatoms. The summed E-state index contributed by atoms with van der Waals surface area (Å²) in [6.07, 6.45) is 4.54. The number of hydrogen-bond donors (Lipinski definition) is 0. The molecule has 1 heterocycles. The maximum absolute atomic E-state index is 4.81. The average molecular weight is 307 g/mol. The lowest BCUT2D eigenvalue weighted by Crippen LogP contribution is -2.26. The van der Waals surface area contributed by atoms with Crippen LogP contribution < -0.4 is 0 Å². The highest BCUT2D eigenvalue weighted by Gasteiger charge is 2.42. The second-order valence-electron chi connectivity index (χ2n) is 9.27. The molecular formula is C22H29N. The minimum atomic E-state index is 0.162. The molecule has 0 spiro atoms.